The van der Waals surface area contributed by atoms with Crippen LogP contribution in [0.5, 0.6) is 0 Å². The summed E-state index contributed by atoms with van der Waals surface area (Å²) in [6.07, 6.45) is 0.856. The fourth-order valence-corrected chi connectivity index (χ4v) is 3.65. The van der Waals surface area contributed by atoms with Gasteiger partial charge in [0.25, 0.3) is 0 Å². The van der Waals surface area contributed by atoms with E-state index in [1.165, 1.54) is 11.3 Å². The fraction of sp³-hybridized carbons (Fsp3) is 0.381. The molecule has 1 heterocycles. The minimum atomic E-state index is -0.470. The summed E-state index contributed by atoms with van der Waals surface area (Å²) in [6.45, 7) is 4.72. The maximum absolute atomic E-state index is 12.5. The Labute approximate surface area is 175 Å². The van der Waals surface area contributed by atoms with E-state index in [1.54, 1.807) is 24.9 Å². The van der Waals surface area contributed by atoms with Gasteiger partial charge in [-0.2, -0.15) is 0 Å². The molecule has 0 bridgehead atoms. The molecule has 2 rings (SSSR count). The van der Waals surface area contributed by atoms with Gasteiger partial charge in [0.05, 0.1) is 25.4 Å². The molecular weight excluding hydrogens is 390 g/mol. The van der Waals surface area contributed by atoms with Crippen LogP contribution in [-0.2, 0) is 14.3 Å². The molecule has 0 aliphatic rings. The molecule has 29 heavy (non-hydrogen) atoms. The van der Waals surface area contributed by atoms with E-state index in [9.17, 15) is 14.4 Å². The predicted octanol–water partition coefficient (Wildman–Crippen LogP) is 2.99. The molecule has 0 aliphatic heterocycles. The third-order valence-electron chi connectivity index (χ3n) is 3.92. The lowest BCUT2D eigenvalue weighted by molar-refractivity contribution is -0.122. The quantitative estimate of drug-likeness (QED) is 0.580. The predicted molar refractivity (Wildman–Crippen MR) is 115 cm³/mol. The van der Waals surface area contributed by atoms with Gasteiger partial charge >= 0.3 is 5.97 Å². The Balaban J connectivity index is 2.09. The van der Waals surface area contributed by atoms with Crippen LogP contribution in [0.15, 0.2) is 36.4 Å². The van der Waals surface area contributed by atoms with E-state index >= 15 is 0 Å². The summed E-state index contributed by atoms with van der Waals surface area (Å²) in [5.41, 5.74) is 1.37. The van der Waals surface area contributed by atoms with Crippen LogP contribution in [0.25, 0.3) is 10.4 Å². The van der Waals surface area contributed by atoms with Crippen molar-refractivity contribution in [2.24, 2.45) is 0 Å². The number of nitrogens with one attached hydrogen (secondary N) is 2. The Morgan fingerprint density at radius 3 is 2.41 bits per heavy atom. The minimum Gasteiger partial charge on any atom is -0.462 e. The van der Waals surface area contributed by atoms with Gasteiger partial charge in [0.15, 0.2) is 0 Å². The van der Waals surface area contributed by atoms with Crippen molar-refractivity contribution in [3.05, 3.63) is 41.3 Å². The summed E-state index contributed by atoms with van der Waals surface area (Å²) in [5, 5.41) is 5.56. The molecule has 0 saturated heterocycles. The number of nitrogens with zero attached hydrogens (tertiary/aromatic N) is 1. The van der Waals surface area contributed by atoms with Crippen LogP contribution in [-0.4, -0.2) is 56.0 Å². The topological polar surface area (TPSA) is 87.7 Å². The smallest absolute Gasteiger partial charge is 0.350 e. The number of rotatable bonds is 10. The molecule has 0 aliphatic carbocycles. The lowest BCUT2D eigenvalue weighted by Gasteiger charge is -2.15. The summed E-state index contributed by atoms with van der Waals surface area (Å²) >= 11 is 1.27. The van der Waals surface area contributed by atoms with Crippen molar-refractivity contribution in [2.75, 3.05) is 38.6 Å². The zero-order valence-corrected chi connectivity index (χ0v) is 17.8. The molecular formula is C21H27N3O4S. The molecule has 0 radical (unpaired) electrons. The van der Waals surface area contributed by atoms with Crippen molar-refractivity contribution < 1.29 is 19.1 Å². The van der Waals surface area contributed by atoms with Crippen molar-refractivity contribution >= 4 is 34.8 Å². The van der Waals surface area contributed by atoms with Gasteiger partial charge in [-0.3, -0.25) is 14.5 Å². The summed E-state index contributed by atoms with van der Waals surface area (Å²) < 4.78 is 5.13. The lowest BCUT2D eigenvalue weighted by Crippen LogP contribution is -2.39. The molecule has 2 N–H and O–H groups in total. The first-order valence-electron chi connectivity index (χ1n) is 9.56. The molecule has 0 spiro atoms. The van der Waals surface area contributed by atoms with E-state index in [0.717, 1.165) is 16.9 Å². The van der Waals surface area contributed by atoms with E-state index in [4.69, 9.17) is 4.74 Å². The number of carbonyl (C=O) groups excluding carboxylic acids is 3. The summed E-state index contributed by atoms with van der Waals surface area (Å²) in [5.74, 6) is -0.905. The van der Waals surface area contributed by atoms with E-state index in [-0.39, 0.29) is 31.5 Å². The first-order valence-corrected chi connectivity index (χ1v) is 10.4. The Morgan fingerprint density at radius 2 is 1.76 bits per heavy atom. The second kappa shape index (κ2) is 11.3. The maximum Gasteiger partial charge on any atom is 0.350 e. The third kappa shape index (κ3) is 6.99. The van der Waals surface area contributed by atoms with Gasteiger partial charge in [-0.25, -0.2) is 4.79 Å². The van der Waals surface area contributed by atoms with Crippen molar-refractivity contribution in [3.8, 4) is 10.4 Å². The molecule has 1 aromatic heterocycles. The van der Waals surface area contributed by atoms with Gasteiger partial charge in [0, 0.05) is 11.4 Å². The Morgan fingerprint density at radius 1 is 1.07 bits per heavy atom. The van der Waals surface area contributed by atoms with E-state index in [0.29, 0.717) is 17.1 Å². The Kier molecular flexibility index (Phi) is 8.82. The summed E-state index contributed by atoms with van der Waals surface area (Å²) in [7, 11) is 1.69. The van der Waals surface area contributed by atoms with E-state index in [2.05, 4.69) is 10.6 Å². The highest BCUT2D eigenvalue weighted by atomic mass is 32.1. The molecule has 0 unspecified atom stereocenters. The van der Waals surface area contributed by atoms with Gasteiger partial charge < -0.3 is 15.4 Å². The number of anilines is 1. The monoisotopic (exact) mass is 417 g/mol. The van der Waals surface area contributed by atoms with E-state index < -0.39 is 5.97 Å². The number of hydrogen-bond donors (Lipinski definition) is 2. The van der Waals surface area contributed by atoms with Crippen LogP contribution in [0, 0.1) is 0 Å². The average Bonchev–Trinajstić information content (AvgIpc) is 3.10. The largest absolute Gasteiger partial charge is 0.462 e. The Bertz CT molecular complexity index is 836. The van der Waals surface area contributed by atoms with Gasteiger partial charge in [0.2, 0.25) is 11.8 Å². The molecule has 2 aromatic rings. The van der Waals surface area contributed by atoms with Crippen molar-refractivity contribution in [2.45, 2.75) is 20.3 Å². The highest BCUT2D eigenvalue weighted by molar-refractivity contribution is 7.18. The van der Waals surface area contributed by atoms with Gasteiger partial charge in [-0.05, 0) is 32.0 Å². The number of carbonyl (C=O) groups is 3. The minimum absolute atomic E-state index is 0.0261. The van der Waals surface area contributed by atoms with Crippen molar-refractivity contribution in [1.29, 1.82) is 0 Å². The molecule has 0 saturated carbocycles. The second-order valence-corrected chi connectivity index (χ2v) is 7.56. The molecule has 7 nitrogen and oxygen atoms in total. The third-order valence-corrected chi connectivity index (χ3v) is 5.09. The molecule has 1 aromatic carbocycles. The maximum atomic E-state index is 12.5. The summed E-state index contributed by atoms with van der Waals surface area (Å²) in [6, 6.07) is 11.4. The number of hydrogen-bond acceptors (Lipinski definition) is 6. The van der Waals surface area contributed by atoms with Crippen molar-refractivity contribution in [1.82, 2.24) is 10.2 Å². The first kappa shape index (κ1) is 22.6. The fourth-order valence-electron chi connectivity index (χ4n) is 2.63. The van der Waals surface area contributed by atoms with Crippen molar-refractivity contribution in [3.63, 3.8) is 0 Å². The number of amides is 2. The normalized spacial score (nSPS) is 10.6. The number of benzene rings is 1. The molecule has 8 heteroatoms. The highest BCUT2D eigenvalue weighted by Gasteiger charge is 2.20. The van der Waals surface area contributed by atoms with Crippen LogP contribution in [0.1, 0.15) is 29.9 Å². The molecule has 0 fully saturated rings. The van der Waals surface area contributed by atoms with Crippen LogP contribution >= 0.6 is 11.3 Å². The molecule has 156 valence electrons. The van der Waals surface area contributed by atoms with Crippen LogP contribution in [0.2, 0.25) is 0 Å². The number of esters is 1. The lowest BCUT2D eigenvalue weighted by atomic mass is 10.2. The molecule has 2 amide bonds. The van der Waals surface area contributed by atoms with Gasteiger partial charge in [-0.15, -0.1) is 11.3 Å². The van der Waals surface area contributed by atoms with Gasteiger partial charge in [0.1, 0.15) is 4.88 Å². The molecule has 0 atom stereocenters. The van der Waals surface area contributed by atoms with Crippen LogP contribution in [0.3, 0.4) is 0 Å². The van der Waals surface area contributed by atoms with Crippen LogP contribution < -0.4 is 10.6 Å². The second-order valence-electron chi connectivity index (χ2n) is 6.51. The zero-order valence-electron chi connectivity index (χ0n) is 17.0. The first-order chi connectivity index (χ1) is 13.9. The SMILES string of the molecule is CCCNC(=O)CN(C)CC(=O)Nc1cc(-c2ccccc2)sc1C(=O)OCC. The standard InChI is InChI=1S/C21H27N3O4S/c1-4-11-22-18(25)13-24(3)14-19(26)23-16-12-17(15-9-7-6-8-10-15)29-20(16)21(27)28-5-2/h6-10,12H,4-5,11,13-14H2,1-3H3,(H,22,25)(H,23,26). The average molecular weight is 418 g/mol. The number of thiophene rings is 1. The zero-order chi connectivity index (χ0) is 21.2. The number of likely N-dealkylation sites (N-methyl/N-ethyl adjacent to an activating group) is 1. The van der Waals surface area contributed by atoms with Crippen LogP contribution in [0.4, 0.5) is 5.69 Å². The van der Waals surface area contributed by atoms with E-state index in [1.807, 2.05) is 37.3 Å². The Hall–Kier alpha value is -2.71. The van der Waals surface area contributed by atoms with Gasteiger partial charge in [-0.1, -0.05) is 37.3 Å². The highest BCUT2D eigenvalue weighted by Crippen LogP contribution is 2.35. The number of ether oxygens (including phenoxy) is 1. The summed E-state index contributed by atoms with van der Waals surface area (Å²) in [4.78, 5) is 39.4.